The summed E-state index contributed by atoms with van der Waals surface area (Å²) in [5.74, 6) is 0. The Morgan fingerprint density at radius 2 is 1.76 bits per heavy atom. The number of nitrogens with one attached hydrogen (secondary N) is 1. The third-order valence-electron chi connectivity index (χ3n) is 2.77. The van der Waals surface area contributed by atoms with Gasteiger partial charge in [0.05, 0.1) is 9.82 Å². The highest BCUT2D eigenvalue weighted by Crippen LogP contribution is 2.24. The van der Waals surface area contributed by atoms with E-state index in [2.05, 4.69) is 20.7 Å². The van der Waals surface area contributed by atoms with Gasteiger partial charge in [-0.15, -0.1) is 0 Å². The molecule has 0 aromatic heterocycles. The molecule has 0 fully saturated rings. The first-order valence-electron chi connectivity index (χ1n) is 5.83. The SMILES string of the molecule is Cc1ccc([N+](=O)[O-])cc1S(=O)(=O)Nc1ccc(Br)cc1. The van der Waals surface area contributed by atoms with Gasteiger partial charge in [-0.2, -0.15) is 0 Å². The van der Waals surface area contributed by atoms with E-state index < -0.39 is 14.9 Å². The Hall–Kier alpha value is -1.93. The average Bonchev–Trinajstić information content (AvgIpc) is 2.41. The van der Waals surface area contributed by atoms with Gasteiger partial charge in [-0.05, 0) is 36.8 Å². The molecule has 0 unspecified atom stereocenters. The largest absolute Gasteiger partial charge is 0.280 e. The number of halogens is 1. The van der Waals surface area contributed by atoms with Crippen LogP contribution in [0.15, 0.2) is 51.8 Å². The van der Waals surface area contributed by atoms with Gasteiger partial charge < -0.3 is 0 Å². The van der Waals surface area contributed by atoms with Gasteiger partial charge >= 0.3 is 0 Å². The summed E-state index contributed by atoms with van der Waals surface area (Å²) in [6, 6.07) is 10.3. The maximum absolute atomic E-state index is 12.3. The molecule has 0 aliphatic carbocycles. The van der Waals surface area contributed by atoms with Crippen molar-refractivity contribution in [3.8, 4) is 0 Å². The first kappa shape index (κ1) is 15.5. The minimum Gasteiger partial charge on any atom is -0.280 e. The molecule has 0 bridgehead atoms. The fourth-order valence-corrected chi connectivity index (χ4v) is 3.31. The first-order chi connectivity index (χ1) is 9.79. The molecule has 8 heteroatoms. The number of rotatable bonds is 4. The number of nitro benzene ring substituents is 1. The molecule has 0 radical (unpaired) electrons. The molecule has 0 spiro atoms. The Labute approximate surface area is 130 Å². The fourth-order valence-electron chi connectivity index (χ4n) is 1.72. The number of nitro groups is 1. The van der Waals surface area contributed by atoms with Crippen molar-refractivity contribution in [2.75, 3.05) is 4.72 Å². The Morgan fingerprint density at radius 3 is 2.33 bits per heavy atom. The molecule has 2 aromatic rings. The minimum atomic E-state index is -3.88. The summed E-state index contributed by atoms with van der Waals surface area (Å²) < 4.78 is 27.9. The van der Waals surface area contributed by atoms with Gasteiger partial charge in [-0.25, -0.2) is 8.42 Å². The van der Waals surface area contributed by atoms with Crippen LogP contribution in [0.3, 0.4) is 0 Å². The predicted molar refractivity (Wildman–Crippen MR) is 82.8 cm³/mol. The van der Waals surface area contributed by atoms with Crippen molar-refractivity contribution >= 4 is 37.3 Å². The van der Waals surface area contributed by atoms with Crippen LogP contribution < -0.4 is 4.72 Å². The van der Waals surface area contributed by atoms with E-state index in [1.54, 1.807) is 31.2 Å². The molecule has 110 valence electrons. The van der Waals surface area contributed by atoms with E-state index in [1.807, 2.05) is 0 Å². The van der Waals surface area contributed by atoms with E-state index in [0.29, 0.717) is 11.3 Å². The number of non-ortho nitro benzene ring substituents is 1. The van der Waals surface area contributed by atoms with Gasteiger partial charge in [0.1, 0.15) is 0 Å². The zero-order valence-corrected chi connectivity index (χ0v) is 13.3. The normalized spacial score (nSPS) is 11.1. The zero-order chi connectivity index (χ0) is 15.6. The van der Waals surface area contributed by atoms with Crippen molar-refractivity contribution in [3.05, 3.63) is 62.6 Å². The van der Waals surface area contributed by atoms with E-state index in [0.717, 1.165) is 10.5 Å². The maximum atomic E-state index is 12.3. The molecule has 2 aromatic carbocycles. The smallest absolute Gasteiger partial charge is 0.270 e. The summed E-state index contributed by atoms with van der Waals surface area (Å²) in [5.41, 5.74) is 0.547. The van der Waals surface area contributed by atoms with Gasteiger partial charge in [-0.1, -0.05) is 22.0 Å². The van der Waals surface area contributed by atoms with E-state index in [9.17, 15) is 18.5 Å². The van der Waals surface area contributed by atoms with Gasteiger partial charge in [0, 0.05) is 22.3 Å². The number of sulfonamides is 1. The lowest BCUT2D eigenvalue weighted by Crippen LogP contribution is -2.14. The third kappa shape index (κ3) is 3.59. The summed E-state index contributed by atoms with van der Waals surface area (Å²) in [7, 11) is -3.88. The maximum Gasteiger partial charge on any atom is 0.270 e. The van der Waals surface area contributed by atoms with Crippen molar-refractivity contribution in [2.24, 2.45) is 0 Å². The fraction of sp³-hybridized carbons (Fsp3) is 0.0769. The van der Waals surface area contributed by atoms with Gasteiger partial charge in [0.15, 0.2) is 0 Å². The quantitative estimate of drug-likeness (QED) is 0.658. The van der Waals surface area contributed by atoms with Crippen molar-refractivity contribution in [3.63, 3.8) is 0 Å². The molecule has 0 heterocycles. The molecule has 1 N–H and O–H groups in total. The first-order valence-corrected chi connectivity index (χ1v) is 8.10. The van der Waals surface area contributed by atoms with Gasteiger partial charge in [0.2, 0.25) is 0 Å². The summed E-state index contributed by atoms with van der Waals surface area (Å²) in [6.07, 6.45) is 0. The van der Waals surface area contributed by atoms with Crippen LogP contribution in [-0.4, -0.2) is 13.3 Å². The summed E-state index contributed by atoms with van der Waals surface area (Å²) >= 11 is 3.25. The van der Waals surface area contributed by atoms with Crippen LogP contribution in [0.25, 0.3) is 0 Å². The highest BCUT2D eigenvalue weighted by molar-refractivity contribution is 9.10. The van der Waals surface area contributed by atoms with Crippen molar-refractivity contribution < 1.29 is 13.3 Å². The summed E-state index contributed by atoms with van der Waals surface area (Å²) in [4.78, 5) is 10.0. The highest BCUT2D eigenvalue weighted by atomic mass is 79.9. The summed E-state index contributed by atoms with van der Waals surface area (Å²) in [5, 5.41) is 10.8. The van der Waals surface area contributed by atoms with Crippen LogP contribution in [-0.2, 0) is 10.0 Å². The van der Waals surface area contributed by atoms with Crippen molar-refractivity contribution in [1.82, 2.24) is 0 Å². The van der Waals surface area contributed by atoms with E-state index in [-0.39, 0.29) is 10.6 Å². The Kier molecular flexibility index (Phi) is 4.29. The molecule has 21 heavy (non-hydrogen) atoms. The van der Waals surface area contributed by atoms with Crippen LogP contribution in [0.2, 0.25) is 0 Å². The number of aryl methyl sites for hydroxylation is 1. The van der Waals surface area contributed by atoms with Crippen molar-refractivity contribution in [2.45, 2.75) is 11.8 Å². The molecule has 0 aliphatic rings. The molecule has 2 rings (SSSR count). The summed E-state index contributed by atoms with van der Waals surface area (Å²) in [6.45, 7) is 1.58. The van der Waals surface area contributed by atoms with Crippen LogP contribution in [0.4, 0.5) is 11.4 Å². The highest BCUT2D eigenvalue weighted by Gasteiger charge is 2.20. The second-order valence-corrected chi connectivity index (χ2v) is 6.89. The van der Waals surface area contributed by atoms with Crippen LogP contribution in [0.5, 0.6) is 0 Å². The van der Waals surface area contributed by atoms with Crippen LogP contribution >= 0.6 is 15.9 Å². The standard InChI is InChI=1S/C13H11BrN2O4S/c1-9-2-7-12(16(17)18)8-13(9)21(19,20)15-11-5-3-10(14)4-6-11/h2-8,15H,1H3. The lowest BCUT2D eigenvalue weighted by Gasteiger charge is -2.10. The lowest BCUT2D eigenvalue weighted by molar-refractivity contribution is -0.385. The van der Waals surface area contributed by atoms with Crippen LogP contribution in [0, 0.1) is 17.0 Å². The van der Waals surface area contributed by atoms with Gasteiger partial charge in [0.25, 0.3) is 15.7 Å². The molecule has 0 amide bonds. The molecule has 0 saturated carbocycles. The molecular formula is C13H11BrN2O4S. The van der Waals surface area contributed by atoms with E-state index in [4.69, 9.17) is 0 Å². The number of anilines is 1. The Balaban J connectivity index is 2.41. The third-order valence-corrected chi connectivity index (χ3v) is 4.82. The second-order valence-electron chi connectivity index (χ2n) is 4.32. The Bertz CT molecular complexity index is 788. The number of hydrogen-bond acceptors (Lipinski definition) is 4. The topological polar surface area (TPSA) is 89.3 Å². The monoisotopic (exact) mass is 370 g/mol. The van der Waals surface area contributed by atoms with E-state index in [1.165, 1.54) is 12.1 Å². The van der Waals surface area contributed by atoms with Crippen LogP contribution in [0.1, 0.15) is 5.56 Å². The van der Waals surface area contributed by atoms with Crippen molar-refractivity contribution in [1.29, 1.82) is 0 Å². The average molecular weight is 371 g/mol. The molecule has 0 atom stereocenters. The van der Waals surface area contributed by atoms with Gasteiger partial charge in [-0.3, -0.25) is 14.8 Å². The lowest BCUT2D eigenvalue weighted by atomic mass is 10.2. The zero-order valence-electron chi connectivity index (χ0n) is 10.9. The molecule has 0 aliphatic heterocycles. The molecule has 6 nitrogen and oxygen atoms in total. The predicted octanol–water partition coefficient (Wildman–Crippen LogP) is 3.47. The molecular weight excluding hydrogens is 360 g/mol. The van der Waals surface area contributed by atoms with E-state index >= 15 is 0 Å². The number of nitrogens with zero attached hydrogens (tertiary/aromatic N) is 1. The Morgan fingerprint density at radius 1 is 1.14 bits per heavy atom. The molecule has 0 saturated heterocycles. The minimum absolute atomic E-state index is 0.111. The number of hydrogen-bond donors (Lipinski definition) is 1. The second kappa shape index (κ2) is 5.82. The number of benzene rings is 2.